The molecule has 0 heterocycles. The van der Waals surface area contributed by atoms with Gasteiger partial charge in [0.2, 0.25) is 0 Å². The molecule has 0 unspecified atom stereocenters. The van der Waals surface area contributed by atoms with Crippen LogP contribution in [0.15, 0.2) is 18.2 Å². The van der Waals surface area contributed by atoms with E-state index in [1.165, 1.54) is 38.5 Å². The Balaban J connectivity index is 1.50. The lowest BCUT2D eigenvalue weighted by molar-refractivity contribution is -0.0206. The first-order valence-corrected chi connectivity index (χ1v) is 8.16. The minimum absolute atomic E-state index is 0.380. The van der Waals surface area contributed by atoms with Crippen molar-refractivity contribution in [2.45, 2.75) is 57.5 Å². The largest absolute Gasteiger partial charge is 0.507 e. The van der Waals surface area contributed by atoms with Gasteiger partial charge >= 0.3 is 0 Å². The molecule has 0 atom stereocenters. The van der Waals surface area contributed by atoms with Crippen molar-refractivity contribution in [2.24, 2.45) is 17.8 Å². The molecule has 1 aromatic rings. The molecule has 0 aliphatic heterocycles. The van der Waals surface area contributed by atoms with Crippen LogP contribution in [0.4, 0.5) is 0 Å². The minimum Gasteiger partial charge on any atom is -0.507 e. The Hall–Kier alpha value is -1.02. The molecule has 0 spiro atoms. The van der Waals surface area contributed by atoms with Crippen LogP contribution in [0.3, 0.4) is 0 Å². The average molecular weight is 271 g/mol. The lowest BCUT2D eigenvalue weighted by Gasteiger charge is -2.57. The standard InChI is InChI=1S/C18H25NO/c1-12-3-2-4-16(17(12)20)11-19-18-8-13-5-14(9-18)7-15(6-13)10-18/h2-4,13-15,19-20H,5-11H2,1H3. The van der Waals surface area contributed by atoms with Crippen molar-refractivity contribution in [1.82, 2.24) is 5.32 Å². The van der Waals surface area contributed by atoms with Crippen molar-refractivity contribution in [1.29, 1.82) is 0 Å². The maximum Gasteiger partial charge on any atom is 0.122 e. The van der Waals surface area contributed by atoms with Crippen molar-refractivity contribution in [3.8, 4) is 5.75 Å². The van der Waals surface area contributed by atoms with Crippen LogP contribution in [-0.4, -0.2) is 10.6 Å². The highest BCUT2D eigenvalue weighted by molar-refractivity contribution is 5.39. The van der Waals surface area contributed by atoms with Gasteiger partial charge in [0.05, 0.1) is 0 Å². The average Bonchev–Trinajstić information content (AvgIpc) is 2.39. The third-order valence-corrected chi connectivity index (χ3v) is 6.01. The fourth-order valence-corrected chi connectivity index (χ4v) is 5.47. The molecule has 5 rings (SSSR count). The lowest BCUT2D eigenvalue weighted by atomic mass is 9.53. The summed E-state index contributed by atoms with van der Waals surface area (Å²) in [5, 5.41) is 14.0. The number of rotatable bonds is 3. The Morgan fingerprint density at radius 3 is 2.30 bits per heavy atom. The molecule has 0 saturated heterocycles. The Morgan fingerprint density at radius 1 is 1.10 bits per heavy atom. The number of benzene rings is 1. The molecule has 4 saturated carbocycles. The molecular formula is C18H25NO. The minimum atomic E-state index is 0.380. The van der Waals surface area contributed by atoms with Gasteiger partial charge in [0.15, 0.2) is 0 Å². The second-order valence-corrected chi connectivity index (χ2v) is 7.63. The molecule has 0 radical (unpaired) electrons. The Morgan fingerprint density at radius 2 is 1.70 bits per heavy atom. The molecule has 108 valence electrons. The highest BCUT2D eigenvalue weighted by atomic mass is 16.3. The second kappa shape index (κ2) is 4.49. The van der Waals surface area contributed by atoms with Crippen molar-refractivity contribution in [3.63, 3.8) is 0 Å². The molecule has 0 amide bonds. The van der Waals surface area contributed by atoms with E-state index in [0.717, 1.165) is 35.4 Å². The molecule has 4 aliphatic rings. The Bertz CT molecular complexity index is 487. The molecule has 4 aliphatic carbocycles. The van der Waals surface area contributed by atoms with Crippen molar-refractivity contribution in [3.05, 3.63) is 29.3 Å². The number of aryl methyl sites for hydroxylation is 1. The predicted octanol–water partition coefficient (Wildman–Crippen LogP) is 3.76. The van der Waals surface area contributed by atoms with Crippen molar-refractivity contribution >= 4 is 0 Å². The first kappa shape index (κ1) is 12.7. The van der Waals surface area contributed by atoms with Crippen LogP contribution in [0.1, 0.15) is 49.7 Å². The fourth-order valence-electron chi connectivity index (χ4n) is 5.47. The van der Waals surface area contributed by atoms with E-state index in [4.69, 9.17) is 0 Å². The van der Waals surface area contributed by atoms with E-state index in [1.54, 1.807) is 0 Å². The molecule has 2 heteroatoms. The van der Waals surface area contributed by atoms with Gasteiger partial charge in [-0.3, -0.25) is 0 Å². The zero-order chi connectivity index (χ0) is 13.7. The highest BCUT2D eigenvalue weighted by Crippen LogP contribution is 2.55. The molecule has 4 bridgehead atoms. The van der Waals surface area contributed by atoms with Gasteiger partial charge in [-0.25, -0.2) is 0 Å². The second-order valence-electron chi connectivity index (χ2n) is 7.63. The molecular weight excluding hydrogens is 246 g/mol. The Kier molecular flexibility index (Phi) is 2.85. The van der Waals surface area contributed by atoms with Crippen LogP contribution in [0.25, 0.3) is 0 Å². The Labute approximate surface area is 121 Å². The maximum absolute atomic E-state index is 10.2. The van der Waals surface area contributed by atoms with E-state index in [2.05, 4.69) is 11.4 Å². The van der Waals surface area contributed by atoms with E-state index in [-0.39, 0.29) is 0 Å². The third-order valence-electron chi connectivity index (χ3n) is 6.01. The van der Waals surface area contributed by atoms with Gasteiger partial charge in [0.25, 0.3) is 0 Å². The zero-order valence-corrected chi connectivity index (χ0v) is 12.4. The first-order chi connectivity index (χ1) is 9.63. The molecule has 0 aromatic heterocycles. The summed E-state index contributed by atoms with van der Waals surface area (Å²) in [4.78, 5) is 0. The van der Waals surface area contributed by atoms with Gasteiger partial charge in [-0.1, -0.05) is 18.2 Å². The number of phenols is 1. The quantitative estimate of drug-likeness (QED) is 0.877. The van der Waals surface area contributed by atoms with Crippen LogP contribution < -0.4 is 5.32 Å². The van der Waals surface area contributed by atoms with Crippen LogP contribution in [0, 0.1) is 24.7 Å². The summed E-state index contributed by atoms with van der Waals surface area (Å²) in [5.41, 5.74) is 2.42. The number of para-hydroxylation sites is 1. The first-order valence-electron chi connectivity index (χ1n) is 8.16. The van der Waals surface area contributed by atoms with E-state index >= 15 is 0 Å². The number of hydrogen-bond donors (Lipinski definition) is 2. The molecule has 20 heavy (non-hydrogen) atoms. The van der Waals surface area contributed by atoms with E-state index < -0.39 is 0 Å². The van der Waals surface area contributed by atoms with E-state index in [9.17, 15) is 5.11 Å². The van der Waals surface area contributed by atoms with Gasteiger partial charge in [0, 0.05) is 17.6 Å². The van der Waals surface area contributed by atoms with Gasteiger partial charge in [-0.05, 0) is 68.8 Å². The summed E-state index contributed by atoms with van der Waals surface area (Å²) >= 11 is 0. The van der Waals surface area contributed by atoms with Crippen LogP contribution in [0.5, 0.6) is 5.75 Å². The summed E-state index contributed by atoms with van der Waals surface area (Å²) < 4.78 is 0. The van der Waals surface area contributed by atoms with E-state index in [1.807, 2.05) is 19.1 Å². The maximum atomic E-state index is 10.2. The van der Waals surface area contributed by atoms with Gasteiger partial charge < -0.3 is 10.4 Å². The van der Waals surface area contributed by atoms with Gasteiger partial charge in [0.1, 0.15) is 5.75 Å². The van der Waals surface area contributed by atoms with Crippen LogP contribution in [0.2, 0.25) is 0 Å². The van der Waals surface area contributed by atoms with E-state index in [0.29, 0.717) is 11.3 Å². The number of hydrogen-bond acceptors (Lipinski definition) is 2. The summed E-state index contributed by atoms with van der Waals surface area (Å²) in [7, 11) is 0. The normalized spacial score (nSPS) is 38.4. The van der Waals surface area contributed by atoms with Crippen LogP contribution >= 0.6 is 0 Å². The molecule has 4 fully saturated rings. The number of aromatic hydroxyl groups is 1. The monoisotopic (exact) mass is 271 g/mol. The third kappa shape index (κ3) is 2.05. The SMILES string of the molecule is Cc1cccc(CNC23CC4CC(CC(C4)C2)C3)c1O. The zero-order valence-electron chi connectivity index (χ0n) is 12.4. The summed E-state index contributed by atoms with van der Waals surface area (Å²) in [6.07, 6.45) is 8.55. The van der Waals surface area contributed by atoms with Crippen molar-refractivity contribution in [2.75, 3.05) is 0 Å². The van der Waals surface area contributed by atoms with Gasteiger partial charge in [-0.15, -0.1) is 0 Å². The summed E-state index contributed by atoms with van der Waals surface area (Å²) in [5.74, 6) is 3.39. The fraction of sp³-hybridized carbons (Fsp3) is 0.667. The van der Waals surface area contributed by atoms with Crippen LogP contribution in [-0.2, 0) is 6.54 Å². The number of nitrogens with one attached hydrogen (secondary N) is 1. The summed E-state index contributed by atoms with van der Waals surface area (Å²) in [6, 6.07) is 6.07. The topological polar surface area (TPSA) is 32.3 Å². The highest BCUT2D eigenvalue weighted by Gasteiger charge is 2.50. The van der Waals surface area contributed by atoms with Gasteiger partial charge in [-0.2, -0.15) is 0 Å². The molecule has 2 nitrogen and oxygen atoms in total. The molecule has 1 aromatic carbocycles. The lowest BCUT2D eigenvalue weighted by Crippen LogP contribution is -2.58. The summed E-state index contributed by atoms with van der Waals surface area (Å²) in [6.45, 7) is 2.79. The predicted molar refractivity (Wildman–Crippen MR) is 80.6 cm³/mol. The van der Waals surface area contributed by atoms with Crippen molar-refractivity contribution < 1.29 is 5.11 Å². The smallest absolute Gasteiger partial charge is 0.122 e. The number of phenolic OH excluding ortho intramolecular Hbond substituents is 1. The molecule has 2 N–H and O–H groups in total.